The van der Waals surface area contributed by atoms with Crippen molar-refractivity contribution >= 4 is 23.2 Å². The lowest BCUT2D eigenvalue weighted by Crippen LogP contribution is -2.28. The van der Waals surface area contributed by atoms with Crippen LogP contribution in [0.15, 0.2) is 36.5 Å². The summed E-state index contributed by atoms with van der Waals surface area (Å²) in [6, 6.07) is 8.85. The Labute approximate surface area is 139 Å². The van der Waals surface area contributed by atoms with Crippen LogP contribution in [0, 0.1) is 0 Å². The zero-order chi connectivity index (χ0) is 16.7. The van der Waals surface area contributed by atoms with Gasteiger partial charge in [0.2, 0.25) is 5.91 Å². The molecular formula is C16H18ClN3O3. The minimum atomic E-state index is -0.205. The molecule has 7 heteroatoms. The van der Waals surface area contributed by atoms with Crippen LogP contribution in [0.4, 0.5) is 5.69 Å². The average Bonchev–Trinajstić information content (AvgIpc) is 2.57. The lowest BCUT2D eigenvalue weighted by atomic mass is 10.2. The van der Waals surface area contributed by atoms with Crippen molar-refractivity contribution in [3.63, 3.8) is 0 Å². The zero-order valence-corrected chi connectivity index (χ0v) is 13.7. The first-order valence-electron chi connectivity index (χ1n) is 6.96. The number of aromatic nitrogens is 1. The number of rotatable bonds is 7. The molecule has 6 nitrogen and oxygen atoms in total. The summed E-state index contributed by atoms with van der Waals surface area (Å²) >= 11 is 6.03. The number of benzene rings is 1. The van der Waals surface area contributed by atoms with Crippen LogP contribution in [0.25, 0.3) is 0 Å². The molecule has 0 saturated heterocycles. The van der Waals surface area contributed by atoms with E-state index in [1.807, 2.05) is 18.2 Å². The Balaban J connectivity index is 1.94. The third kappa shape index (κ3) is 4.84. The summed E-state index contributed by atoms with van der Waals surface area (Å²) in [5.41, 5.74) is 1.37. The first-order valence-corrected chi connectivity index (χ1v) is 7.34. The molecular weight excluding hydrogens is 318 g/mol. The Morgan fingerprint density at radius 2 is 2.00 bits per heavy atom. The molecule has 0 atom stereocenters. The predicted molar refractivity (Wildman–Crippen MR) is 89.1 cm³/mol. The smallest absolute Gasteiger partial charge is 0.238 e. The highest BCUT2D eigenvalue weighted by atomic mass is 35.5. The molecule has 1 amide bonds. The number of carbonyl (C=O) groups is 1. The standard InChI is InChI=1S/C16H18ClN3O3/c1-22-14-8-13(15(23-2)7-12(14)17)20-16(21)10-18-9-11-5-3-4-6-19-11/h3-8,18H,9-10H2,1-2H3,(H,20,21). The maximum atomic E-state index is 12.0. The molecule has 0 bridgehead atoms. The van der Waals surface area contributed by atoms with E-state index in [1.165, 1.54) is 14.2 Å². The minimum absolute atomic E-state index is 0.144. The van der Waals surface area contributed by atoms with Crippen LogP contribution in [0.5, 0.6) is 11.5 Å². The second-order valence-electron chi connectivity index (χ2n) is 4.66. The van der Waals surface area contributed by atoms with Gasteiger partial charge < -0.3 is 20.1 Å². The van der Waals surface area contributed by atoms with Gasteiger partial charge in [0.05, 0.1) is 37.2 Å². The van der Waals surface area contributed by atoms with E-state index in [0.29, 0.717) is 28.8 Å². The molecule has 0 unspecified atom stereocenters. The summed E-state index contributed by atoms with van der Waals surface area (Å²) in [5.74, 6) is 0.724. The van der Waals surface area contributed by atoms with Gasteiger partial charge >= 0.3 is 0 Å². The quantitative estimate of drug-likeness (QED) is 0.813. The highest BCUT2D eigenvalue weighted by Gasteiger charge is 2.12. The van der Waals surface area contributed by atoms with Gasteiger partial charge in [-0.1, -0.05) is 17.7 Å². The van der Waals surface area contributed by atoms with E-state index in [0.717, 1.165) is 5.69 Å². The van der Waals surface area contributed by atoms with Crippen molar-refractivity contribution in [1.82, 2.24) is 10.3 Å². The Kier molecular flexibility index (Phi) is 6.19. The number of methoxy groups -OCH3 is 2. The largest absolute Gasteiger partial charge is 0.495 e. The number of ether oxygens (including phenoxy) is 2. The monoisotopic (exact) mass is 335 g/mol. The van der Waals surface area contributed by atoms with Crippen LogP contribution >= 0.6 is 11.6 Å². The molecule has 2 rings (SSSR count). The van der Waals surface area contributed by atoms with Crippen LogP contribution in [0.1, 0.15) is 5.69 Å². The van der Waals surface area contributed by atoms with Gasteiger partial charge in [-0.05, 0) is 12.1 Å². The molecule has 23 heavy (non-hydrogen) atoms. The van der Waals surface area contributed by atoms with Crippen molar-refractivity contribution < 1.29 is 14.3 Å². The van der Waals surface area contributed by atoms with Crippen LogP contribution < -0.4 is 20.1 Å². The van der Waals surface area contributed by atoms with Gasteiger partial charge in [-0.3, -0.25) is 9.78 Å². The lowest BCUT2D eigenvalue weighted by molar-refractivity contribution is -0.115. The van der Waals surface area contributed by atoms with E-state index in [4.69, 9.17) is 21.1 Å². The Hall–Kier alpha value is -2.31. The van der Waals surface area contributed by atoms with Gasteiger partial charge in [-0.15, -0.1) is 0 Å². The fourth-order valence-electron chi connectivity index (χ4n) is 1.96. The fourth-order valence-corrected chi connectivity index (χ4v) is 2.19. The number of anilines is 1. The van der Waals surface area contributed by atoms with Crippen molar-refractivity contribution in [3.05, 3.63) is 47.2 Å². The number of amides is 1. The van der Waals surface area contributed by atoms with Crippen molar-refractivity contribution in [1.29, 1.82) is 0 Å². The number of pyridine rings is 1. The SMILES string of the molecule is COc1cc(NC(=O)CNCc2ccccn2)c(OC)cc1Cl. The van der Waals surface area contributed by atoms with Gasteiger partial charge in [-0.2, -0.15) is 0 Å². The summed E-state index contributed by atoms with van der Waals surface area (Å²) < 4.78 is 10.4. The van der Waals surface area contributed by atoms with Crippen LogP contribution in [0.2, 0.25) is 5.02 Å². The Bertz CT molecular complexity index is 665. The van der Waals surface area contributed by atoms with Crippen LogP contribution in [-0.4, -0.2) is 31.7 Å². The number of halogens is 1. The third-order valence-corrected chi connectivity index (χ3v) is 3.36. The van der Waals surface area contributed by atoms with E-state index < -0.39 is 0 Å². The topological polar surface area (TPSA) is 72.5 Å². The molecule has 1 aromatic carbocycles. The molecule has 0 spiro atoms. The van der Waals surface area contributed by atoms with Crippen molar-refractivity contribution in [2.75, 3.05) is 26.1 Å². The predicted octanol–water partition coefficient (Wildman–Crippen LogP) is 2.48. The number of nitrogens with one attached hydrogen (secondary N) is 2. The maximum Gasteiger partial charge on any atom is 0.238 e. The summed E-state index contributed by atoms with van der Waals surface area (Å²) in [6.45, 7) is 0.653. The number of nitrogens with zero attached hydrogens (tertiary/aromatic N) is 1. The number of hydrogen-bond acceptors (Lipinski definition) is 5. The zero-order valence-electron chi connectivity index (χ0n) is 12.9. The summed E-state index contributed by atoms with van der Waals surface area (Å²) in [4.78, 5) is 16.2. The van der Waals surface area contributed by atoms with Gasteiger partial charge in [0, 0.05) is 24.9 Å². The second-order valence-corrected chi connectivity index (χ2v) is 5.07. The highest BCUT2D eigenvalue weighted by Crippen LogP contribution is 2.35. The Morgan fingerprint density at radius 1 is 1.22 bits per heavy atom. The average molecular weight is 336 g/mol. The molecule has 1 heterocycles. The molecule has 122 valence electrons. The van der Waals surface area contributed by atoms with E-state index in [1.54, 1.807) is 18.3 Å². The summed E-state index contributed by atoms with van der Waals surface area (Å²) in [6.07, 6.45) is 1.71. The number of hydrogen-bond donors (Lipinski definition) is 2. The first-order chi connectivity index (χ1) is 11.1. The first kappa shape index (κ1) is 17.1. The number of carbonyl (C=O) groups excluding carboxylic acids is 1. The molecule has 0 aliphatic carbocycles. The van der Waals surface area contributed by atoms with Gasteiger partial charge in [0.15, 0.2) is 0 Å². The molecule has 0 radical (unpaired) electrons. The summed E-state index contributed by atoms with van der Waals surface area (Å²) in [7, 11) is 3.01. The summed E-state index contributed by atoms with van der Waals surface area (Å²) in [5, 5.41) is 6.20. The van der Waals surface area contributed by atoms with Gasteiger partial charge in [-0.25, -0.2) is 0 Å². The van der Waals surface area contributed by atoms with E-state index in [9.17, 15) is 4.79 Å². The lowest BCUT2D eigenvalue weighted by Gasteiger charge is -2.13. The van der Waals surface area contributed by atoms with Crippen molar-refractivity contribution in [3.8, 4) is 11.5 Å². The third-order valence-electron chi connectivity index (χ3n) is 3.07. The molecule has 1 aromatic heterocycles. The normalized spacial score (nSPS) is 10.2. The molecule has 0 aliphatic rings. The molecule has 2 aromatic rings. The van der Waals surface area contributed by atoms with E-state index in [-0.39, 0.29) is 12.5 Å². The molecule has 0 fully saturated rings. The van der Waals surface area contributed by atoms with Crippen LogP contribution in [0.3, 0.4) is 0 Å². The van der Waals surface area contributed by atoms with Crippen LogP contribution in [-0.2, 0) is 11.3 Å². The second kappa shape index (κ2) is 8.36. The van der Waals surface area contributed by atoms with E-state index in [2.05, 4.69) is 15.6 Å². The highest BCUT2D eigenvalue weighted by molar-refractivity contribution is 6.32. The molecule has 0 saturated carbocycles. The van der Waals surface area contributed by atoms with E-state index >= 15 is 0 Å². The fraction of sp³-hybridized carbons (Fsp3) is 0.250. The molecule has 0 aliphatic heterocycles. The Morgan fingerprint density at radius 3 is 2.65 bits per heavy atom. The van der Waals surface area contributed by atoms with Gasteiger partial charge in [0.25, 0.3) is 0 Å². The van der Waals surface area contributed by atoms with Crippen molar-refractivity contribution in [2.24, 2.45) is 0 Å². The van der Waals surface area contributed by atoms with Crippen molar-refractivity contribution in [2.45, 2.75) is 6.54 Å². The minimum Gasteiger partial charge on any atom is -0.495 e. The maximum absolute atomic E-state index is 12.0. The molecule has 2 N–H and O–H groups in total. The van der Waals surface area contributed by atoms with Gasteiger partial charge in [0.1, 0.15) is 11.5 Å².